The molecule has 2 aromatic rings. The van der Waals surface area contributed by atoms with Crippen molar-refractivity contribution in [3.63, 3.8) is 0 Å². The predicted molar refractivity (Wildman–Crippen MR) is 77.8 cm³/mol. The van der Waals surface area contributed by atoms with Crippen LogP contribution in [0.5, 0.6) is 5.75 Å². The number of aromatic nitrogens is 2. The van der Waals surface area contributed by atoms with Crippen LogP contribution in [0.15, 0.2) is 18.2 Å². The van der Waals surface area contributed by atoms with E-state index in [2.05, 4.69) is 5.10 Å². The molecule has 1 aliphatic rings. The Bertz CT molecular complexity index is 708. The van der Waals surface area contributed by atoms with Gasteiger partial charge in [0.05, 0.1) is 18.1 Å². The average molecular weight is 288 g/mol. The molecule has 0 spiro atoms. The summed E-state index contributed by atoms with van der Waals surface area (Å²) in [5.74, 6) is 0.949. The number of anilines is 1. The van der Waals surface area contributed by atoms with Crippen LogP contribution in [0.1, 0.15) is 24.1 Å². The number of fused-ring (bicyclic) bond motifs is 1. The Kier molecular flexibility index (Phi) is 3.25. The molecule has 0 bridgehead atoms. The van der Waals surface area contributed by atoms with E-state index >= 15 is 0 Å². The number of nitro groups is 1. The summed E-state index contributed by atoms with van der Waals surface area (Å²) in [4.78, 5) is 10.4. The van der Waals surface area contributed by atoms with E-state index in [-0.39, 0.29) is 5.69 Å². The van der Waals surface area contributed by atoms with Crippen LogP contribution in [0.3, 0.4) is 0 Å². The topological polar surface area (TPSA) is 96.2 Å². The zero-order valence-corrected chi connectivity index (χ0v) is 11.7. The number of methoxy groups -OCH3 is 1. The average Bonchev–Trinajstić information content (AvgIpc) is 2.84. The van der Waals surface area contributed by atoms with Gasteiger partial charge >= 0.3 is 0 Å². The molecular formula is C14H16N4O3. The molecule has 7 nitrogen and oxygen atoms in total. The zero-order valence-electron chi connectivity index (χ0n) is 11.7. The van der Waals surface area contributed by atoms with Gasteiger partial charge in [0.15, 0.2) is 5.75 Å². The molecule has 0 saturated heterocycles. The highest BCUT2D eigenvalue weighted by molar-refractivity contribution is 5.56. The normalized spacial score (nSPS) is 13.8. The molecule has 0 saturated carbocycles. The molecule has 7 heteroatoms. The number of nitrogens with zero attached hydrogens (tertiary/aromatic N) is 3. The van der Waals surface area contributed by atoms with Gasteiger partial charge in [0.1, 0.15) is 11.5 Å². The summed E-state index contributed by atoms with van der Waals surface area (Å²) in [6.45, 7) is 0. The molecule has 0 radical (unpaired) electrons. The summed E-state index contributed by atoms with van der Waals surface area (Å²) >= 11 is 0. The van der Waals surface area contributed by atoms with Gasteiger partial charge in [-0.05, 0) is 31.7 Å². The number of non-ortho nitro benzene ring substituents is 1. The lowest BCUT2D eigenvalue weighted by Crippen LogP contribution is -2.09. The van der Waals surface area contributed by atoms with E-state index in [9.17, 15) is 10.1 Å². The van der Waals surface area contributed by atoms with Crippen molar-refractivity contribution in [2.45, 2.75) is 25.7 Å². The van der Waals surface area contributed by atoms with Crippen molar-refractivity contribution >= 4 is 11.5 Å². The van der Waals surface area contributed by atoms with Crippen LogP contribution in [0.25, 0.3) is 5.69 Å². The van der Waals surface area contributed by atoms with Crippen LogP contribution in [0.4, 0.5) is 11.5 Å². The van der Waals surface area contributed by atoms with E-state index in [0.29, 0.717) is 17.3 Å². The highest BCUT2D eigenvalue weighted by Crippen LogP contribution is 2.33. The van der Waals surface area contributed by atoms with E-state index in [4.69, 9.17) is 10.5 Å². The van der Waals surface area contributed by atoms with Gasteiger partial charge in [0.2, 0.25) is 0 Å². The highest BCUT2D eigenvalue weighted by atomic mass is 16.6. The second kappa shape index (κ2) is 5.08. The van der Waals surface area contributed by atoms with Gasteiger partial charge < -0.3 is 10.5 Å². The molecular weight excluding hydrogens is 272 g/mol. The first-order valence-corrected chi connectivity index (χ1v) is 6.81. The van der Waals surface area contributed by atoms with Gasteiger partial charge in [-0.15, -0.1) is 0 Å². The Morgan fingerprint density at radius 3 is 2.86 bits per heavy atom. The predicted octanol–water partition coefficient (Wildman–Crippen LogP) is 2.25. The minimum absolute atomic E-state index is 0.00963. The van der Waals surface area contributed by atoms with Crippen LogP contribution >= 0.6 is 0 Å². The number of nitrogens with two attached hydrogens (primary N) is 1. The maximum absolute atomic E-state index is 10.9. The molecule has 1 aromatic heterocycles. The summed E-state index contributed by atoms with van der Waals surface area (Å²) in [5, 5.41) is 15.3. The number of nitrogen functional groups attached to an aromatic ring is 1. The second-order valence-electron chi connectivity index (χ2n) is 5.04. The third-order valence-electron chi connectivity index (χ3n) is 3.81. The first-order chi connectivity index (χ1) is 10.1. The van der Waals surface area contributed by atoms with Crippen LogP contribution < -0.4 is 10.5 Å². The van der Waals surface area contributed by atoms with Crippen molar-refractivity contribution in [2.75, 3.05) is 12.8 Å². The number of ether oxygens (including phenoxy) is 1. The van der Waals surface area contributed by atoms with Gasteiger partial charge in [-0.3, -0.25) is 10.1 Å². The number of benzene rings is 1. The zero-order chi connectivity index (χ0) is 15.0. The fourth-order valence-electron chi connectivity index (χ4n) is 2.78. The first kappa shape index (κ1) is 13.4. The van der Waals surface area contributed by atoms with Crippen molar-refractivity contribution in [3.05, 3.63) is 39.6 Å². The standard InChI is InChI=1S/C14H16N4O3/c1-21-13-8-9(18(19)20)6-7-12(13)17-11-5-3-2-4-10(11)14(15)16-17/h6-8H,2-5H2,1H3,(H2,15,16). The molecule has 21 heavy (non-hydrogen) atoms. The largest absolute Gasteiger partial charge is 0.494 e. The minimum atomic E-state index is -0.445. The van der Waals surface area contributed by atoms with E-state index < -0.39 is 4.92 Å². The van der Waals surface area contributed by atoms with Crippen LogP contribution in [-0.4, -0.2) is 21.8 Å². The Hall–Kier alpha value is -2.57. The molecule has 0 fully saturated rings. The van der Waals surface area contributed by atoms with E-state index in [1.165, 1.54) is 19.2 Å². The quantitative estimate of drug-likeness (QED) is 0.690. The van der Waals surface area contributed by atoms with Crippen LogP contribution in [-0.2, 0) is 12.8 Å². The van der Waals surface area contributed by atoms with E-state index in [1.807, 2.05) is 0 Å². The molecule has 0 aliphatic heterocycles. The number of hydrogen-bond donors (Lipinski definition) is 1. The monoisotopic (exact) mass is 288 g/mol. The Balaban J connectivity index is 2.14. The molecule has 0 unspecified atom stereocenters. The molecule has 1 aromatic carbocycles. The van der Waals surface area contributed by atoms with Crippen molar-refractivity contribution in [1.82, 2.24) is 9.78 Å². The van der Waals surface area contributed by atoms with Gasteiger partial charge in [-0.25, -0.2) is 4.68 Å². The summed E-state index contributed by atoms with van der Waals surface area (Å²) < 4.78 is 7.04. The smallest absolute Gasteiger partial charge is 0.273 e. The molecule has 0 atom stereocenters. The van der Waals surface area contributed by atoms with Crippen molar-refractivity contribution in [3.8, 4) is 11.4 Å². The SMILES string of the molecule is COc1cc([N+](=O)[O-])ccc1-n1nc(N)c2c1CCCC2. The molecule has 1 heterocycles. The summed E-state index contributed by atoms with van der Waals surface area (Å²) in [6, 6.07) is 4.51. The lowest BCUT2D eigenvalue weighted by molar-refractivity contribution is -0.384. The van der Waals surface area contributed by atoms with Crippen LogP contribution in [0.2, 0.25) is 0 Å². The molecule has 110 valence electrons. The maximum atomic E-state index is 10.9. The van der Waals surface area contributed by atoms with Crippen molar-refractivity contribution in [2.24, 2.45) is 0 Å². The third-order valence-corrected chi connectivity index (χ3v) is 3.81. The Morgan fingerprint density at radius 1 is 1.38 bits per heavy atom. The van der Waals surface area contributed by atoms with Crippen molar-refractivity contribution < 1.29 is 9.66 Å². The fourth-order valence-corrected chi connectivity index (χ4v) is 2.78. The molecule has 0 amide bonds. The minimum Gasteiger partial charge on any atom is -0.494 e. The summed E-state index contributed by atoms with van der Waals surface area (Å²) in [6.07, 6.45) is 4.03. The highest BCUT2D eigenvalue weighted by Gasteiger charge is 2.22. The van der Waals surface area contributed by atoms with Gasteiger partial charge in [0.25, 0.3) is 5.69 Å². The molecule has 1 aliphatic carbocycles. The van der Waals surface area contributed by atoms with Crippen molar-refractivity contribution in [1.29, 1.82) is 0 Å². The number of rotatable bonds is 3. The summed E-state index contributed by atoms with van der Waals surface area (Å²) in [5.41, 5.74) is 8.82. The Labute approximate surface area is 121 Å². The lowest BCUT2D eigenvalue weighted by Gasteiger charge is -2.15. The van der Waals surface area contributed by atoms with Crippen LogP contribution in [0, 0.1) is 10.1 Å². The second-order valence-corrected chi connectivity index (χ2v) is 5.04. The Morgan fingerprint density at radius 2 is 2.14 bits per heavy atom. The van der Waals surface area contributed by atoms with E-state index in [1.54, 1.807) is 10.7 Å². The lowest BCUT2D eigenvalue weighted by atomic mass is 9.97. The molecule has 3 rings (SSSR count). The number of nitro benzene ring substituents is 1. The summed E-state index contributed by atoms with van der Waals surface area (Å²) in [7, 11) is 1.49. The van der Waals surface area contributed by atoms with E-state index in [0.717, 1.165) is 36.9 Å². The van der Waals surface area contributed by atoms with Gasteiger partial charge in [-0.1, -0.05) is 0 Å². The first-order valence-electron chi connectivity index (χ1n) is 6.81. The molecule has 2 N–H and O–H groups in total. The van der Waals surface area contributed by atoms with Gasteiger partial charge in [-0.2, -0.15) is 5.10 Å². The maximum Gasteiger partial charge on any atom is 0.273 e. The number of hydrogen-bond acceptors (Lipinski definition) is 5. The van der Waals surface area contributed by atoms with Gasteiger partial charge in [0, 0.05) is 17.3 Å². The fraction of sp³-hybridized carbons (Fsp3) is 0.357. The third kappa shape index (κ3) is 2.20.